The number of H-pyrrole nitrogens is 1. The Morgan fingerprint density at radius 3 is 2.55 bits per heavy atom. The van der Waals surface area contributed by atoms with Crippen LogP contribution in [0.5, 0.6) is 5.75 Å². The van der Waals surface area contributed by atoms with Crippen molar-refractivity contribution < 1.29 is 4.74 Å². The zero-order valence-corrected chi connectivity index (χ0v) is 21.8. The molecule has 5 aromatic rings. The topological polar surface area (TPSA) is 88.9 Å². The van der Waals surface area contributed by atoms with Gasteiger partial charge in [0.1, 0.15) is 11.8 Å². The van der Waals surface area contributed by atoms with E-state index in [0.29, 0.717) is 24.5 Å². The molecule has 1 aliphatic heterocycles. The van der Waals surface area contributed by atoms with Gasteiger partial charge in [0.05, 0.1) is 13.7 Å². The van der Waals surface area contributed by atoms with Crippen molar-refractivity contribution in [3.05, 3.63) is 116 Å². The van der Waals surface area contributed by atoms with Crippen LogP contribution in [-0.4, -0.2) is 43.7 Å². The van der Waals surface area contributed by atoms with Gasteiger partial charge in [-0.25, -0.2) is 4.68 Å². The molecular formula is C30H30N6O2. The molecule has 1 N–H and O–H groups in total. The van der Waals surface area contributed by atoms with Gasteiger partial charge < -0.3 is 9.72 Å². The van der Waals surface area contributed by atoms with E-state index in [1.807, 2.05) is 36.4 Å². The summed E-state index contributed by atoms with van der Waals surface area (Å²) < 4.78 is 7.11. The maximum Gasteiger partial charge on any atom is 0.253 e. The van der Waals surface area contributed by atoms with Crippen LogP contribution >= 0.6 is 0 Å². The predicted molar refractivity (Wildman–Crippen MR) is 146 cm³/mol. The fourth-order valence-electron chi connectivity index (χ4n) is 5.36. The first-order valence-electron chi connectivity index (χ1n) is 12.8. The van der Waals surface area contributed by atoms with Gasteiger partial charge in [0, 0.05) is 24.2 Å². The minimum absolute atomic E-state index is 0.122. The zero-order valence-electron chi connectivity index (χ0n) is 21.8. The highest BCUT2D eigenvalue weighted by molar-refractivity contribution is 5.81. The molecule has 0 saturated heterocycles. The number of tetrazole rings is 1. The lowest BCUT2D eigenvalue weighted by molar-refractivity contribution is 0.194. The fraction of sp³-hybridized carbons (Fsp3) is 0.267. The van der Waals surface area contributed by atoms with E-state index in [1.165, 1.54) is 16.7 Å². The number of rotatable bonds is 6. The number of nitrogens with one attached hydrogen (secondary N) is 1. The van der Waals surface area contributed by atoms with Crippen LogP contribution in [0.3, 0.4) is 0 Å². The van der Waals surface area contributed by atoms with Gasteiger partial charge >= 0.3 is 0 Å². The summed E-state index contributed by atoms with van der Waals surface area (Å²) in [4.78, 5) is 19.1. The first-order chi connectivity index (χ1) is 18.5. The third-order valence-corrected chi connectivity index (χ3v) is 7.60. The van der Waals surface area contributed by atoms with Crippen molar-refractivity contribution in [2.45, 2.75) is 39.4 Å². The largest absolute Gasteiger partial charge is 0.497 e. The molecule has 0 spiro atoms. The van der Waals surface area contributed by atoms with Gasteiger partial charge in [-0.05, 0) is 94.2 Å². The number of fused-ring (bicyclic) bond motifs is 2. The first-order valence-corrected chi connectivity index (χ1v) is 12.8. The van der Waals surface area contributed by atoms with Crippen molar-refractivity contribution in [1.29, 1.82) is 0 Å². The smallest absolute Gasteiger partial charge is 0.253 e. The van der Waals surface area contributed by atoms with E-state index in [2.05, 4.69) is 69.6 Å². The number of pyridine rings is 1. The Bertz CT molecular complexity index is 1670. The summed E-state index contributed by atoms with van der Waals surface area (Å²) >= 11 is 0. The van der Waals surface area contributed by atoms with E-state index in [4.69, 9.17) is 4.74 Å². The molecule has 8 nitrogen and oxygen atoms in total. The molecule has 6 rings (SSSR count). The average molecular weight is 507 g/mol. The number of hydrogen-bond acceptors (Lipinski definition) is 6. The van der Waals surface area contributed by atoms with E-state index < -0.39 is 6.04 Å². The van der Waals surface area contributed by atoms with Crippen molar-refractivity contribution in [1.82, 2.24) is 30.1 Å². The molecule has 3 aromatic carbocycles. The molecular weight excluding hydrogens is 476 g/mol. The molecule has 2 aromatic heterocycles. The number of aromatic amines is 1. The average Bonchev–Trinajstić information content (AvgIpc) is 3.38. The number of aromatic nitrogens is 5. The third-order valence-electron chi connectivity index (χ3n) is 7.60. The van der Waals surface area contributed by atoms with Crippen LogP contribution in [0.4, 0.5) is 0 Å². The van der Waals surface area contributed by atoms with Crippen LogP contribution in [0.15, 0.2) is 71.5 Å². The molecule has 0 aliphatic carbocycles. The Morgan fingerprint density at radius 2 is 1.76 bits per heavy atom. The van der Waals surface area contributed by atoms with Crippen molar-refractivity contribution in [3.63, 3.8) is 0 Å². The summed E-state index contributed by atoms with van der Waals surface area (Å²) in [6.07, 6.45) is 0.899. The van der Waals surface area contributed by atoms with Gasteiger partial charge in [-0.2, -0.15) is 0 Å². The highest BCUT2D eigenvalue weighted by Gasteiger charge is 2.32. The minimum atomic E-state index is -0.411. The Hall–Kier alpha value is -4.30. The second-order valence-electron chi connectivity index (χ2n) is 10.0. The Labute approximate surface area is 220 Å². The Morgan fingerprint density at radius 1 is 1.00 bits per heavy atom. The van der Waals surface area contributed by atoms with Crippen LogP contribution in [0.1, 0.15) is 45.2 Å². The lowest BCUT2D eigenvalue weighted by atomic mass is 9.95. The number of benzene rings is 3. The second-order valence-corrected chi connectivity index (χ2v) is 10.0. The number of methoxy groups -OCH3 is 1. The van der Waals surface area contributed by atoms with E-state index in [-0.39, 0.29) is 5.56 Å². The van der Waals surface area contributed by atoms with Gasteiger partial charge in [0.15, 0.2) is 5.82 Å². The maximum atomic E-state index is 13.6. The zero-order chi connectivity index (χ0) is 26.2. The van der Waals surface area contributed by atoms with Gasteiger partial charge in [-0.3, -0.25) is 9.69 Å². The van der Waals surface area contributed by atoms with Crippen molar-refractivity contribution in [3.8, 4) is 5.75 Å². The highest BCUT2D eigenvalue weighted by atomic mass is 16.5. The molecule has 0 unspecified atom stereocenters. The van der Waals surface area contributed by atoms with E-state index in [9.17, 15) is 4.79 Å². The molecule has 0 radical (unpaired) electrons. The van der Waals surface area contributed by atoms with E-state index >= 15 is 0 Å². The predicted octanol–water partition coefficient (Wildman–Crippen LogP) is 4.34. The van der Waals surface area contributed by atoms with Crippen LogP contribution < -0.4 is 10.3 Å². The summed E-state index contributed by atoms with van der Waals surface area (Å²) in [5.74, 6) is 1.44. The van der Waals surface area contributed by atoms with Crippen molar-refractivity contribution >= 4 is 10.9 Å². The van der Waals surface area contributed by atoms with Crippen molar-refractivity contribution in [2.75, 3.05) is 13.7 Å². The lowest BCUT2D eigenvalue weighted by Gasteiger charge is -2.34. The van der Waals surface area contributed by atoms with Gasteiger partial charge in [-0.1, -0.05) is 36.4 Å². The summed E-state index contributed by atoms with van der Waals surface area (Å²) in [5, 5.41) is 13.9. The van der Waals surface area contributed by atoms with Crippen LogP contribution in [0.2, 0.25) is 0 Å². The monoisotopic (exact) mass is 506 g/mol. The molecule has 0 fully saturated rings. The normalized spacial score (nSPS) is 14.4. The number of aryl methyl sites for hydroxylation is 2. The molecule has 192 valence electrons. The quantitative estimate of drug-likeness (QED) is 0.369. The van der Waals surface area contributed by atoms with Gasteiger partial charge in [0.25, 0.3) is 5.56 Å². The van der Waals surface area contributed by atoms with Gasteiger partial charge in [0.2, 0.25) is 0 Å². The standard InChI is InChI=1S/C30H30N6O2/c1-19-14-24-16-26(30(37)31-27(24)15-20(19)2)28(35-13-12-22-6-4-5-7-23(22)18-35)29-32-33-34-36(29)17-21-8-10-25(38-3)11-9-21/h4-11,14-16,28H,12-13,17-18H2,1-3H3,(H,31,37)/t28-/m1/s1. The molecule has 0 amide bonds. The Kier molecular flexibility index (Phi) is 6.25. The summed E-state index contributed by atoms with van der Waals surface area (Å²) in [6.45, 7) is 6.13. The number of ether oxygens (including phenoxy) is 1. The summed E-state index contributed by atoms with van der Waals surface area (Å²) in [6, 6.07) is 22.1. The number of nitrogens with zero attached hydrogens (tertiary/aromatic N) is 5. The second kappa shape index (κ2) is 9.87. The molecule has 3 heterocycles. The third kappa shape index (κ3) is 4.48. The van der Waals surface area contributed by atoms with Crippen molar-refractivity contribution in [2.24, 2.45) is 0 Å². The molecule has 1 aliphatic rings. The first kappa shape index (κ1) is 24.1. The minimum Gasteiger partial charge on any atom is -0.497 e. The summed E-state index contributed by atoms with van der Waals surface area (Å²) in [5.41, 5.74) is 7.34. The molecule has 0 saturated carbocycles. The molecule has 0 bridgehead atoms. The number of hydrogen-bond donors (Lipinski definition) is 1. The van der Waals surface area contributed by atoms with E-state index in [0.717, 1.165) is 40.7 Å². The SMILES string of the molecule is COc1ccc(Cn2nnnc2[C@@H](c2cc3cc(C)c(C)cc3[nH]c2=O)N2CCc3ccccc3C2)cc1. The fourth-order valence-corrected chi connectivity index (χ4v) is 5.36. The maximum absolute atomic E-state index is 13.6. The lowest BCUT2D eigenvalue weighted by Crippen LogP contribution is -2.38. The molecule has 38 heavy (non-hydrogen) atoms. The van der Waals surface area contributed by atoms with Gasteiger partial charge in [-0.15, -0.1) is 5.10 Å². The van der Waals surface area contributed by atoms with Crippen LogP contribution in [0, 0.1) is 13.8 Å². The molecule has 8 heteroatoms. The molecule has 1 atom stereocenters. The van der Waals surface area contributed by atoms with Crippen LogP contribution in [0.25, 0.3) is 10.9 Å². The highest BCUT2D eigenvalue weighted by Crippen LogP contribution is 2.32. The van der Waals surface area contributed by atoms with E-state index in [1.54, 1.807) is 11.8 Å². The Balaban J connectivity index is 1.46. The van der Waals surface area contributed by atoms with Crippen LogP contribution in [-0.2, 0) is 19.5 Å². The summed E-state index contributed by atoms with van der Waals surface area (Å²) in [7, 11) is 1.65.